The summed E-state index contributed by atoms with van der Waals surface area (Å²) in [4.78, 5) is 15.4. The fourth-order valence-corrected chi connectivity index (χ4v) is 3.96. The maximum Gasteiger partial charge on any atom is 0.223 e. The molecule has 0 saturated heterocycles. The second-order valence-electron chi connectivity index (χ2n) is 5.03. The van der Waals surface area contributed by atoms with Gasteiger partial charge >= 0.3 is 0 Å². The van der Waals surface area contributed by atoms with Crippen LogP contribution in [0.2, 0.25) is 0 Å². The maximum atomic E-state index is 11.1. The first kappa shape index (κ1) is 16.7. The van der Waals surface area contributed by atoms with E-state index in [-0.39, 0.29) is 5.91 Å². The van der Waals surface area contributed by atoms with Gasteiger partial charge in [-0.1, -0.05) is 42.1 Å². The molecule has 2 aromatic heterocycles. The van der Waals surface area contributed by atoms with Crippen LogP contribution >= 0.6 is 23.1 Å². The van der Waals surface area contributed by atoms with E-state index in [1.807, 2.05) is 35.7 Å². The molecule has 0 bridgehead atoms. The van der Waals surface area contributed by atoms with E-state index in [0.717, 1.165) is 28.8 Å². The zero-order chi connectivity index (χ0) is 16.9. The number of rotatable bonds is 6. The molecule has 1 amide bonds. The van der Waals surface area contributed by atoms with E-state index >= 15 is 0 Å². The van der Waals surface area contributed by atoms with Crippen LogP contribution in [0.4, 0.5) is 5.13 Å². The van der Waals surface area contributed by atoms with Crippen LogP contribution in [0.1, 0.15) is 19.5 Å². The first-order valence-electron chi connectivity index (χ1n) is 7.50. The SMILES string of the molecule is CCn1c(SCc2csc(NC(C)=O)n2)nnc1-c1ccccc1. The Morgan fingerprint density at radius 1 is 1.29 bits per heavy atom. The summed E-state index contributed by atoms with van der Waals surface area (Å²) in [6.07, 6.45) is 0. The minimum absolute atomic E-state index is 0.109. The first-order chi connectivity index (χ1) is 11.7. The standard InChI is InChI=1S/C16H17N5OS2/c1-3-21-14(12-7-5-4-6-8-12)19-20-16(21)24-10-13-9-23-15(18-13)17-11(2)22/h4-9H,3,10H2,1-2H3,(H,17,18,22). The van der Waals surface area contributed by atoms with Gasteiger partial charge < -0.3 is 9.88 Å². The van der Waals surface area contributed by atoms with Crippen molar-refractivity contribution in [3.8, 4) is 11.4 Å². The average molecular weight is 359 g/mol. The van der Waals surface area contributed by atoms with Gasteiger partial charge in [0.2, 0.25) is 5.91 Å². The highest BCUT2D eigenvalue weighted by molar-refractivity contribution is 7.98. The number of aromatic nitrogens is 4. The third-order valence-electron chi connectivity index (χ3n) is 3.25. The molecule has 2 heterocycles. The van der Waals surface area contributed by atoms with E-state index in [4.69, 9.17) is 0 Å². The van der Waals surface area contributed by atoms with Crippen LogP contribution in [-0.2, 0) is 17.1 Å². The van der Waals surface area contributed by atoms with Crippen LogP contribution in [0.3, 0.4) is 0 Å². The van der Waals surface area contributed by atoms with Crippen molar-refractivity contribution in [3.63, 3.8) is 0 Å². The van der Waals surface area contributed by atoms with Crippen molar-refractivity contribution in [1.29, 1.82) is 0 Å². The van der Waals surface area contributed by atoms with Crippen LogP contribution in [0.5, 0.6) is 0 Å². The van der Waals surface area contributed by atoms with E-state index in [0.29, 0.717) is 10.9 Å². The van der Waals surface area contributed by atoms with Gasteiger partial charge in [0, 0.05) is 30.2 Å². The third-order valence-corrected chi connectivity index (χ3v) is 5.06. The summed E-state index contributed by atoms with van der Waals surface area (Å²) in [6.45, 7) is 4.36. The highest BCUT2D eigenvalue weighted by Gasteiger charge is 2.13. The van der Waals surface area contributed by atoms with Crippen LogP contribution in [-0.4, -0.2) is 25.7 Å². The molecule has 0 aliphatic heterocycles. The normalized spacial score (nSPS) is 10.8. The molecule has 0 spiro atoms. The molecule has 0 aliphatic rings. The predicted octanol–water partition coefficient (Wildman–Crippen LogP) is 3.67. The van der Waals surface area contributed by atoms with Crippen molar-refractivity contribution >= 4 is 34.1 Å². The number of thioether (sulfide) groups is 1. The molecule has 0 atom stereocenters. The first-order valence-corrected chi connectivity index (χ1v) is 9.37. The van der Waals surface area contributed by atoms with E-state index in [1.54, 1.807) is 11.8 Å². The molecule has 3 aromatic rings. The summed E-state index contributed by atoms with van der Waals surface area (Å²) in [5.74, 6) is 1.45. The third kappa shape index (κ3) is 3.82. The van der Waals surface area contributed by atoms with Crippen LogP contribution < -0.4 is 5.32 Å². The molecule has 24 heavy (non-hydrogen) atoms. The molecule has 0 aliphatic carbocycles. The van der Waals surface area contributed by atoms with Gasteiger partial charge in [-0.25, -0.2) is 4.98 Å². The van der Waals surface area contributed by atoms with Gasteiger partial charge in [0.25, 0.3) is 0 Å². The van der Waals surface area contributed by atoms with Gasteiger partial charge in [-0.3, -0.25) is 4.79 Å². The van der Waals surface area contributed by atoms with Crippen molar-refractivity contribution in [2.24, 2.45) is 0 Å². The van der Waals surface area contributed by atoms with Crippen molar-refractivity contribution < 1.29 is 4.79 Å². The summed E-state index contributed by atoms with van der Waals surface area (Å²) >= 11 is 3.02. The highest BCUT2D eigenvalue weighted by Crippen LogP contribution is 2.27. The molecular weight excluding hydrogens is 342 g/mol. The van der Waals surface area contributed by atoms with Crippen molar-refractivity contribution in [1.82, 2.24) is 19.7 Å². The Bertz CT molecular complexity index is 828. The van der Waals surface area contributed by atoms with Crippen molar-refractivity contribution in [2.75, 3.05) is 5.32 Å². The quantitative estimate of drug-likeness (QED) is 0.680. The highest BCUT2D eigenvalue weighted by atomic mass is 32.2. The van der Waals surface area contributed by atoms with Gasteiger partial charge in [-0.05, 0) is 6.92 Å². The lowest BCUT2D eigenvalue weighted by atomic mass is 10.2. The van der Waals surface area contributed by atoms with E-state index < -0.39 is 0 Å². The molecule has 1 aromatic carbocycles. The number of nitrogens with one attached hydrogen (secondary N) is 1. The minimum atomic E-state index is -0.109. The van der Waals surface area contributed by atoms with Crippen LogP contribution in [0.15, 0.2) is 40.9 Å². The molecule has 0 unspecified atom stereocenters. The lowest BCUT2D eigenvalue weighted by Gasteiger charge is -2.06. The molecule has 0 radical (unpaired) electrons. The average Bonchev–Trinajstić information content (AvgIpc) is 3.19. The number of benzene rings is 1. The number of anilines is 1. The van der Waals surface area contributed by atoms with Gasteiger partial charge in [0.1, 0.15) is 0 Å². The summed E-state index contributed by atoms with van der Waals surface area (Å²) < 4.78 is 2.10. The Balaban J connectivity index is 1.73. The zero-order valence-electron chi connectivity index (χ0n) is 13.4. The molecule has 3 rings (SSSR count). The lowest BCUT2D eigenvalue weighted by molar-refractivity contribution is -0.114. The van der Waals surface area contributed by atoms with Gasteiger partial charge in [-0.2, -0.15) is 0 Å². The number of carbonyl (C=O) groups excluding carboxylic acids is 1. The van der Waals surface area contributed by atoms with Crippen LogP contribution in [0, 0.1) is 0 Å². The number of nitrogens with zero attached hydrogens (tertiary/aromatic N) is 4. The fourth-order valence-electron chi connectivity index (χ4n) is 2.20. The molecule has 6 nitrogen and oxygen atoms in total. The molecule has 1 N–H and O–H groups in total. The topological polar surface area (TPSA) is 72.7 Å². The van der Waals surface area contributed by atoms with Gasteiger partial charge in [-0.15, -0.1) is 21.5 Å². The summed E-state index contributed by atoms with van der Waals surface area (Å²) in [5.41, 5.74) is 1.97. The monoisotopic (exact) mass is 359 g/mol. The van der Waals surface area contributed by atoms with E-state index in [2.05, 4.69) is 32.0 Å². The Kier molecular flexibility index (Phi) is 5.27. The minimum Gasteiger partial charge on any atom is -0.302 e. The second kappa shape index (κ2) is 7.59. The number of amides is 1. The Morgan fingerprint density at radius 3 is 2.79 bits per heavy atom. The van der Waals surface area contributed by atoms with Gasteiger partial charge in [0.05, 0.1) is 5.69 Å². The smallest absolute Gasteiger partial charge is 0.223 e. The predicted molar refractivity (Wildman–Crippen MR) is 97.1 cm³/mol. The van der Waals surface area contributed by atoms with Crippen molar-refractivity contribution in [2.45, 2.75) is 31.3 Å². The number of thiazole rings is 1. The molecule has 0 fully saturated rings. The fraction of sp³-hybridized carbons (Fsp3) is 0.250. The summed E-state index contributed by atoms with van der Waals surface area (Å²) in [6, 6.07) is 10.0. The Morgan fingerprint density at radius 2 is 2.08 bits per heavy atom. The zero-order valence-corrected chi connectivity index (χ0v) is 15.0. The number of hydrogen-bond donors (Lipinski definition) is 1. The number of hydrogen-bond acceptors (Lipinski definition) is 6. The lowest BCUT2D eigenvalue weighted by Crippen LogP contribution is -2.05. The van der Waals surface area contributed by atoms with Crippen LogP contribution in [0.25, 0.3) is 11.4 Å². The second-order valence-corrected chi connectivity index (χ2v) is 6.83. The molecular formula is C16H17N5OS2. The van der Waals surface area contributed by atoms with Gasteiger partial charge in [0.15, 0.2) is 16.1 Å². The Hall–Kier alpha value is -2.19. The van der Waals surface area contributed by atoms with E-state index in [9.17, 15) is 4.79 Å². The summed E-state index contributed by atoms with van der Waals surface area (Å²) in [5, 5.41) is 14.8. The Labute approximate surface area is 148 Å². The largest absolute Gasteiger partial charge is 0.302 e. The molecule has 8 heteroatoms. The maximum absolute atomic E-state index is 11.1. The van der Waals surface area contributed by atoms with Crippen molar-refractivity contribution in [3.05, 3.63) is 41.4 Å². The van der Waals surface area contributed by atoms with E-state index in [1.165, 1.54) is 18.3 Å². The summed E-state index contributed by atoms with van der Waals surface area (Å²) in [7, 11) is 0. The number of carbonyl (C=O) groups is 1. The molecule has 0 saturated carbocycles. The molecule has 124 valence electrons.